The number of nitrogens with zero attached hydrogens (tertiary/aromatic N) is 4. The third kappa shape index (κ3) is 2.40. The van der Waals surface area contributed by atoms with E-state index >= 15 is 0 Å². The zero-order valence-corrected chi connectivity index (χ0v) is 13.3. The monoisotopic (exact) mass is 327 g/mol. The summed E-state index contributed by atoms with van der Waals surface area (Å²) in [5.41, 5.74) is 1.68. The van der Waals surface area contributed by atoms with E-state index in [1.54, 1.807) is 22.6 Å². The first kappa shape index (κ1) is 14.6. The van der Waals surface area contributed by atoms with E-state index in [9.17, 15) is 9.42 Å². The number of benzene rings is 1. The number of hydroxylamine groups is 2. The van der Waals surface area contributed by atoms with Gasteiger partial charge in [0.05, 0.1) is 18.8 Å². The van der Waals surface area contributed by atoms with Crippen LogP contribution in [0.15, 0.2) is 41.8 Å². The highest BCUT2D eigenvalue weighted by Crippen LogP contribution is 2.37. The van der Waals surface area contributed by atoms with Crippen molar-refractivity contribution in [2.24, 2.45) is 0 Å². The fourth-order valence-electron chi connectivity index (χ4n) is 2.50. The van der Waals surface area contributed by atoms with Crippen molar-refractivity contribution in [2.75, 3.05) is 13.6 Å². The minimum atomic E-state index is -1.40. The second kappa shape index (κ2) is 5.49. The third-order valence-corrected chi connectivity index (χ3v) is 5.45. The van der Waals surface area contributed by atoms with Crippen LogP contribution in [0.2, 0.25) is 0 Å². The van der Waals surface area contributed by atoms with Gasteiger partial charge < -0.3 is 10.3 Å². The van der Waals surface area contributed by atoms with Crippen molar-refractivity contribution in [1.29, 1.82) is 0 Å². The van der Waals surface area contributed by atoms with Crippen LogP contribution in [0.5, 0.6) is 0 Å². The Kier molecular flexibility index (Phi) is 3.83. The molecule has 0 bridgehead atoms. The molecule has 2 aliphatic rings. The summed E-state index contributed by atoms with van der Waals surface area (Å²) in [4.78, 5) is 0. The topological polar surface area (TPSA) is 53.1 Å². The molecule has 2 heterocycles. The van der Waals surface area contributed by atoms with Crippen LogP contribution in [0.3, 0.4) is 0 Å². The van der Waals surface area contributed by atoms with E-state index in [1.165, 1.54) is 4.42 Å². The highest BCUT2D eigenvalue weighted by Gasteiger charge is 2.40. The lowest BCUT2D eigenvalue weighted by Gasteiger charge is -2.40. The number of halogens is 1. The van der Waals surface area contributed by atoms with E-state index in [2.05, 4.69) is 0 Å². The summed E-state index contributed by atoms with van der Waals surface area (Å²) < 4.78 is 17.2. The molecule has 1 aromatic carbocycles. The molecule has 21 heavy (non-hydrogen) atoms. The van der Waals surface area contributed by atoms with Gasteiger partial charge in [-0.1, -0.05) is 30.3 Å². The van der Waals surface area contributed by atoms with Crippen LogP contribution in [0, 0.1) is 5.21 Å². The molecule has 1 aromatic rings. The molecule has 2 unspecified atom stereocenters. The van der Waals surface area contributed by atoms with Gasteiger partial charge in [0.1, 0.15) is 12.0 Å². The molecule has 0 fully saturated rings. The van der Waals surface area contributed by atoms with Crippen LogP contribution >= 0.6 is 11.8 Å². The SMILES string of the molecule is CC1N([O-])C2=C(CN(C)S(=O)N2Cc2ccccc2)N1Cl. The normalized spacial score (nSPS) is 26.6. The zero-order valence-electron chi connectivity index (χ0n) is 11.8. The van der Waals surface area contributed by atoms with E-state index in [-0.39, 0.29) is 0 Å². The van der Waals surface area contributed by atoms with Gasteiger partial charge in [0, 0.05) is 18.8 Å². The van der Waals surface area contributed by atoms with Crippen LogP contribution in [-0.2, 0) is 17.7 Å². The van der Waals surface area contributed by atoms with Gasteiger partial charge >= 0.3 is 0 Å². The van der Waals surface area contributed by atoms with Gasteiger partial charge in [-0.05, 0) is 12.5 Å². The standard InChI is InChI=1S/C13H16ClN4O2S/c1-10-17(14)12-9-15(2)21(20)16(13(12)18(10)19)8-11-6-4-3-5-7-11/h3-7,10H,8-9H2,1-2H3/q-1. The van der Waals surface area contributed by atoms with Crippen LogP contribution < -0.4 is 0 Å². The first-order valence-corrected chi connectivity index (χ1v) is 8.00. The lowest BCUT2D eigenvalue weighted by atomic mass is 10.2. The molecule has 0 amide bonds. The summed E-state index contributed by atoms with van der Waals surface area (Å²) in [5.74, 6) is 0.401. The van der Waals surface area contributed by atoms with E-state index in [4.69, 9.17) is 11.8 Å². The molecule has 0 spiro atoms. The predicted octanol–water partition coefficient (Wildman–Crippen LogP) is 1.80. The van der Waals surface area contributed by atoms with Crippen molar-refractivity contribution in [3.63, 3.8) is 0 Å². The van der Waals surface area contributed by atoms with Crippen molar-refractivity contribution >= 4 is 22.9 Å². The second-order valence-electron chi connectivity index (χ2n) is 5.08. The lowest BCUT2D eigenvalue weighted by Crippen LogP contribution is -2.44. The largest absolute Gasteiger partial charge is 0.756 e. The third-order valence-electron chi connectivity index (χ3n) is 3.63. The quantitative estimate of drug-likeness (QED) is 0.777. The van der Waals surface area contributed by atoms with Gasteiger partial charge in [0.2, 0.25) is 11.2 Å². The van der Waals surface area contributed by atoms with E-state index < -0.39 is 17.3 Å². The van der Waals surface area contributed by atoms with Crippen LogP contribution in [0.25, 0.3) is 0 Å². The van der Waals surface area contributed by atoms with Crippen LogP contribution in [-0.4, -0.2) is 42.1 Å². The molecule has 0 aromatic heterocycles. The summed E-state index contributed by atoms with van der Waals surface area (Å²) >= 11 is 4.79. The maximum atomic E-state index is 12.5. The van der Waals surface area contributed by atoms with Crippen LogP contribution in [0.1, 0.15) is 12.5 Å². The fourth-order valence-corrected chi connectivity index (χ4v) is 3.87. The average molecular weight is 328 g/mol. The Morgan fingerprint density at radius 2 is 2.05 bits per heavy atom. The predicted molar refractivity (Wildman–Crippen MR) is 82.1 cm³/mol. The number of hydrogen-bond acceptors (Lipinski definition) is 4. The molecule has 0 N–H and O–H groups in total. The maximum Gasteiger partial charge on any atom is 0.200 e. The fraction of sp³-hybridized carbons (Fsp3) is 0.385. The Balaban J connectivity index is 1.98. The molecular weight excluding hydrogens is 312 g/mol. The Morgan fingerprint density at radius 1 is 1.38 bits per heavy atom. The van der Waals surface area contributed by atoms with E-state index in [0.717, 1.165) is 10.6 Å². The summed E-state index contributed by atoms with van der Waals surface area (Å²) in [6.45, 7) is 2.51. The summed E-state index contributed by atoms with van der Waals surface area (Å²) in [6, 6.07) is 9.64. The molecule has 3 rings (SSSR count). The lowest BCUT2D eigenvalue weighted by molar-refractivity contribution is 0.258. The van der Waals surface area contributed by atoms with Crippen molar-refractivity contribution in [3.05, 3.63) is 52.6 Å². The van der Waals surface area contributed by atoms with Crippen molar-refractivity contribution in [2.45, 2.75) is 19.6 Å². The second-order valence-corrected chi connectivity index (χ2v) is 6.97. The Morgan fingerprint density at radius 3 is 2.71 bits per heavy atom. The molecule has 114 valence electrons. The first-order valence-electron chi connectivity index (χ1n) is 6.60. The minimum absolute atomic E-state index is 0.389. The van der Waals surface area contributed by atoms with Crippen LogP contribution in [0.4, 0.5) is 0 Å². The molecule has 0 saturated carbocycles. The number of hydrogen-bond donors (Lipinski definition) is 0. The number of rotatable bonds is 2. The molecule has 0 saturated heterocycles. The highest BCUT2D eigenvalue weighted by atomic mass is 35.5. The average Bonchev–Trinajstić information content (AvgIpc) is 2.69. The Bertz CT molecular complexity index is 597. The van der Waals surface area contributed by atoms with Crippen molar-refractivity contribution < 1.29 is 4.21 Å². The Labute approximate surface area is 131 Å². The minimum Gasteiger partial charge on any atom is -0.756 e. The molecule has 2 aliphatic heterocycles. The van der Waals surface area contributed by atoms with Crippen molar-refractivity contribution in [3.8, 4) is 0 Å². The van der Waals surface area contributed by atoms with E-state index in [0.29, 0.717) is 24.6 Å². The smallest absolute Gasteiger partial charge is 0.200 e. The summed E-state index contributed by atoms with van der Waals surface area (Å²) in [6.07, 6.45) is -0.501. The molecular formula is C13H16ClN4O2S-. The first-order chi connectivity index (χ1) is 10.0. The van der Waals surface area contributed by atoms with E-state index in [1.807, 2.05) is 30.3 Å². The zero-order chi connectivity index (χ0) is 15.1. The molecule has 0 aliphatic carbocycles. The van der Waals surface area contributed by atoms with Gasteiger partial charge in [-0.25, -0.2) is 8.51 Å². The maximum absolute atomic E-state index is 12.5. The van der Waals surface area contributed by atoms with Gasteiger partial charge in [-0.15, -0.1) is 0 Å². The summed E-state index contributed by atoms with van der Waals surface area (Å²) in [7, 11) is 1.75. The molecule has 2 atom stereocenters. The highest BCUT2D eigenvalue weighted by molar-refractivity contribution is 7.80. The molecule has 8 heteroatoms. The van der Waals surface area contributed by atoms with Gasteiger partial charge in [-0.3, -0.25) is 8.72 Å². The van der Waals surface area contributed by atoms with Gasteiger partial charge in [0.25, 0.3) is 0 Å². The van der Waals surface area contributed by atoms with Crippen molar-refractivity contribution in [1.82, 2.24) is 18.1 Å². The summed E-state index contributed by atoms with van der Waals surface area (Å²) in [5, 5.41) is 13.2. The number of likely N-dealkylation sites (N-methyl/N-ethyl adjacent to an activating group) is 1. The van der Waals surface area contributed by atoms with Gasteiger partial charge in [0.15, 0.2) is 0 Å². The molecule has 6 nitrogen and oxygen atoms in total. The van der Waals surface area contributed by atoms with Gasteiger partial charge in [-0.2, -0.15) is 0 Å². The molecule has 0 radical (unpaired) electrons. The Hall–Kier alpha value is -1.28.